The molecule has 0 saturated heterocycles. The maximum atomic E-state index is 12.2. The first-order chi connectivity index (χ1) is 14.4. The van der Waals surface area contributed by atoms with E-state index in [1.54, 1.807) is 23.6 Å². The van der Waals surface area contributed by atoms with Crippen LogP contribution < -0.4 is 16.0 Å². The Morgan fingerprint density at radius 3 is 2.87 bits per heavy atom. The summed E-state index contributed by atoms with van der Waals surface area (Å²) in [5.74, 6) is 5.87. The Kier molecular flexibility index (Phi) is 5.60. The summed E-state index contributed by atoms with van der Waals surface area (Å²) in [5, 5.41) is 10.0. The summed E-state index contributed by atoms with van der Waals surface area (Å²) in [7, 11) is 0. The quantitative estimate of drug-likeness (QED) is 0.390. The number of thiophene rings is 1. The van der Waals surface area contributed by atoms with E-state index in [-0.39, 0.29) is 5.41 Å². The number of nitrogens with one attached hydrogen (secondary N) is 1. The van der Waals surface area contributed by atoms with E-state index < -0.39 is 5.97 Å². The maximum absolute atomic E-state index is 12.2. The largest absolute Gasteiger partial charge is 0.478 e. The molecule has 0 aliphatic heterocycles. The van der Waals surface area contributed by atoms with Crippen LogP contribution in [-0.2, 0) is 19.4 Å². The molecular weight excluding hydrogens is 398 g/mol. The van der Waals surface area contributed by atoms with Crippen molar-refractivity contribution in [3.63, 3.8) is 0 Å². The molecule has 2 aromatic heterocycles. The number of aromatic carboxylic acids is 1. The van der Waals surface area contributed by atoms with E-state index in [4.69, 9.17) is 10.6 Å². The molecule has 4 N–H and O–H groups in total. The van der Waals surface area contributed by atoms with E-state index in [0.29, 0.717) is 23.7 Å². The minimum atomic E-state index is -0.874. The highest BCUT2D eigenvalue weighted by Crippen LogP contribution is 2.46. The number of aryl methyl sites for hydroxylation is 1. The molecule has 0 radical (unpaired) electrons. The van der Waals surface area contributed by atoms with Crippen LogP contribution in [-0.4, -0.2) is 16.1 Å². The van der Waals surface area contributed by atoms with Crippen molar-refractivity contribution >= 4 is 17.3 Å². The van der Waals surface area contributed by atoms with E-state index >= 15 is 0 Å². The van der Waals surface area contributed by atoms with Crippen LogP contribution in [0.4, 0.5) is 0 Å². The van der Waals surface area contributed by atoms with Gasteiger partial charge in [-0.25, -0.2) is 9.78 Å². The topological polar surface area (TPSA) is 97.5 Å². The summed E-state index contributed by atoms with van der Waals surface area (Å²) in [5.41, 5.74) is 5.97. The Bertz CT molecular complexity index is 1080. The molecule has 7 heteroatoms. The van der Waals surface area contributed by atoms with Gasteiger partial charge in [0, 0.05) is 28.6 Å². The van der Waals surface area contributed by atoms with Gasteiger partial charge in [0.2, 0.25) is 5.88 Å². The van der Waals surface area contributed by atoms with E-state index in [9.17, 15) is 9.90 Å². The van der Waals surface area contributed by atoms with Gasteiger partial charge in [0.1, 0.15) is 5.75 Å². The van der Waals surface area contributed by atoms with Crippen LogP contribution in [0, 0.1) is 5.41 Å². The number of fused-ring (bicyclic) bond motifs is 1. The third-order valence-corrected chi connectivity index (χ3v) is 6.79. The molecule has 1 aromatic carbocycles. The second-order valence-electron chi connectivity index (χ2n) is 8.32. The Labute approximate surface area is 179 Å². The molecule has 156 valence electrons. The third-order valence-electron chi connectivity index (χ3n) is 5.46. The third kappa shape index (κ3) is 4.09. The molecule has 1 aliphatic rings. The number of benzene rings is 1. The maximum Gasteiger partial charge on any atom is 0.337 e. The number of hydrazine groups is 1. The van der Waals surface area contributed by atoms with Gasteiger partial charge in [0.15, 0.2) is 0 Å². The van der Waals surface area contributed by atoms with Crippen LogP contribution in [0.5, 0.6) is 11.6 Å². The standard InChI is InChI=1S/C23H25N3O3S/c1-23(2)9-8-18-17(12-23)20(22(27)28)21(30-18)16-7-6-15(11-14(16)13-26-24)29-19-5-3-4-10-25-19/h3-7,10-11,26H,8-9,12-13,24H2,1-2H3,(H,27,28). The normalized spacial score (nSPS) is 14.9. The molecule has 0 atom stereocenters. The van der Waals surface area contributed by atoms with Gasteiger partial charge in [0.05, 0.1) is 5.56 Å². The summed E-state index contributed by atoms with van der Waals surface area (Å²) >= 11 is 1.59. The summed E-state index contributed by atoms with van der Waals surface area (Å²) in [4.78, 5) is 18.4. The Balaban J connectivity index is 1.78. The average molecular weight is 424 g/mol. The Hall–Kier alpha value is -2.74. The molecule has 1 aliphatic carbocycles. The number of carbonyl (C=O) groups is 1. The van der Waals surface area contributed by atoms with Crippen molar-refractivity contribution in [1.29, 1.82) is 0 Å². The van der Waals surface area contributed by atoms with Gasteiger partial charge in [-0.05, 0) is 65.6 Å². The fourth-order valence-electron chi connectivity index (χ4n) is 3.98. The number of pyridine rings is 1. The zero-order valence-electron chi connectivity index (χ0n) is 17.1. The summed E-state index contributed by atoms with van der Waals surface area (Å²) in [6, 6.07) is 11.1. The second-order valence-corrected chi connectivity index (χ2v) is 9.43. The lowest BCUT2D eigenvalue weighted by Crippen LogP contribution is -2.22. The van der Waals surface area contributed by atoms with Crippen LogP contribution >= 0.6 is 11.3 Å². The highest BCUT2D eigenvalue weighted by molar-refractivity contribution is 7.16. The van der Waals surface area contributed by atoms with Crippen molar-refractivity contribution in [2.45, 2.75) is 39.7 Å². The van der Waals surface area contributed by atoms with Crippen molar-refractivity contribution in [3.8, 4) is 22.1 Å². The summed E-state index contributed by atoms with van der Waals surface area (Å²) in [6.07, 6.45) is 4.43. The number of hydrogen-bond acceptors (Lipinski definition) is 6. The summed E-state index contributed by atoms with van der Waals surface area (Å²) < 4.78 is 5.85. The van der Waals surface area contributed by atoms with Crippen LogP contribution in [0.1, 0.15) is 46.6 Å². The van der Waals surface area contributed by atoms with Crippen molar-refractivity contribution < 1.29 is 14.6 Å². The lowest BCUT2D eigenvalue weighted by atomic mass is 9.76. The lowest BCUT2D eigenvalue weighted by molar-refractivity contribution is 0.0696. The van der Waals surface area contributed by atoms with Gasteiger partial charge < -0.3 is 9.84 Å². The van der Waals surface area contributed by atoms with Crippen molar-refractivity contribution in [3.05, 3.63) is 64.2 Å². The van der Waals surface area contributed by atoms with Crippen LogP contribution in [0.3, 0.4) is 0 Å². The molecule has 2 heterocycles. The molecule has 0 unspecified atom stereocenters. The number of carboxylic acid groups (broad SMARTS) is 1. The molecular formula is C23H25N3O3S. The first-order valence-corrected chi connectivity index (χ1v) is 10.7. The summed E-state index contributed by atoms with van der Waals surface area (Å²) in [6.45, 7) is 4.79. The van der Waals surface area contributed by atoms with Crippen molar-refractivity contribution in [2.75, 3.05) is 0 Å². The number of carboxylic acids is 1. The zero-order chi connectivity index (χ0) is 21.3. The number of ether oxygens (including phenoxy) is 1. The smallest absolute Gasteiger partial charge is 0.337 e. The van der Waals surface area contributed by atoms with Crippen molar-refractivity contribution in [1.82, 2.24) is 10.4 Å². The number of rotatable bonds is 6. The monoisotopic (exact) mass is 423 g/mol. The first-order valence-electron chi connectivity index (χ1n) is 9.91. The van der Waals surface area contributed by atoms with Crippen LogP contribution in [0.15, 0.2) is 42.6 Å². The highest BCUT2D eigenvalue weighted by atomic mass is 32.1. The van der Waals surface area contributed by atoms with Gasteiger partial charge in [-0.1, -0.05) is 19.9 Å². The number of aromatic nitrogens is 1. The van der Waals surface area contributed by atoms with E-state index in [1.165, 1.54) is 4.88 Å². The average Bonchev–Trinajstić information content (AvgIpc) is 3.06. The molecule has 0 bridgehead atoms. The van der Waals surface area contributed by atoms with Gasteiger partial charge >= 0.3 is 5.97 Å². The number of nitrogens with two attached hydrogens (primary N) is 1. The van der Waals surface area contributed by atoms with Gasteiger partial charge in [-0.2, -0.15) is 0 Å². The van der Waals surface area contributed by atoms with E-state index in [0.717, 1.165) is 40.8 Å². The molecule has 0 spiro atoms. The molecule has 30 heavy (non-hydrogen) atoms. The van der Waals surface area contributed by atoms with E-state index in [2.05, 4.69) is 24.3 Å². The first kappa shape index (κ1) is 20.5. The fraction of sp³-hybridized carbons (Fsp3) is 0.304. The minimum Gasteiger partial charge on any atom is -0.478 e. The molecule has 0 saturated carbocycles. The molecule has 0 fully saturated rings. The Morgan fingerprint density at radius 2 is 2.17 bits per heavy atom. The van der Waals surface area contributed by atoms with E-state index in [1.807, 2.05) is 30.3 Å². The van der Waals surface area contributed by atoms with Crippen LogP contribution in [0.2, 0.25) is 0 Å². The van der Waals surface area contributed by atoms with Gasteiger partial charge in [-0.3, -0.25) is 11.3 Å². The molecule has 3 aromatic rings. The van der Waals surface area contributed by atoms with Crippen molar-refractivity contribution in [2.24, 2.45) is 11.3 Å². The minimum absolute atomic E-state index is 0.109. The number of hydrogen-bond donors (Lipinski definition) is 3. The molecule has 0 amide bonds. The van der Waals surface area contributed by atoms with Crippen LogP contribution in [0.25, 0.3) is 10.4 Å². The number of nitrogens with zero attached hydrogens (tertiary/aromatic N) is 1. The SMILES string of the molecule is CC1(C)CCc2sc(-c3ccc(Oc4ccccn4)cc3CNN)c(C(=O)O)c2C1. The molecule has 4 rings (SSSR count). The Morgan fingerprint density at radius 1 is 1.33 bits per heavy atom. The predicted molar refractivity (Wildman–Crippen MR) is 118 cm³/mol. The van der Waals surface area contributed by atoms with Gasteiger partial charge in [-0.15, -0.1) is 11.3 Å². The van der Waals surface area contributed by atoms with Gasteiger partial charge in [0.25, 0.3) is 0 Å². The highest BCUT2D eigenvalue weighted by Gasteiger charge is 2.33. The lowest BCUT2D eigenvalue weighted by Gasteiger charge is -2.29. The fourth-order valence-corrected chi connectivity index (χ4v) is 5.35. The predicted octanol–water partition coefficient (Wildman–Crippen LogP) is 4.78. The zero-order valence-corrected chi connectivity index (χ0v) is 17.9. The second kappa shape index (κ2) is 8.18. The molecule has 6 nitrogen and oxygen atoms in total.